The first-order chi connectivity index (χ1) is 5.79. The lowest BCUT2D eigenvalue weighted by molar-refractivity contribution is 0.0699. The lowest BCUT2D eigenvalue weighted by atomic mass is 10.2. The number of nitrogens with one attached hydrogen (secondary N) is 1. The predicted octanol–water partition coefficient (Wildman–Crippen LogP) is 1.26. The van der Waals surface area contributed by atoms with Gasteiger partial charge in [-0.1, -0.05) is 0 Å². The fourth-order valence-electron chi connectivity index (χ4n) is 1.14. The zero-order valence-electron chi connectivity index (χ0n) is 6.11. The zero-order valence-corrected chi connectivity index (χ0v) is 6.11. The van der Waals surface area contributed by atoms with E-state index in [0.29, 0.717) is 5.39 Å². The number of hydrogen-bond acceptors (Lipinski definition) is 2. The number of fused-ring (bicyclic) bond motifs is 1. The van der Waals surface area contributed by atoms with E-state index < -0.39 is 5.97 Å². The van der Waals surface area contributed by atoms with Gasteiger partial charge in [-0.2, -0.15) is 0 Å². The molecule has 12 heavy (non-hydrogen) atoms. The summed E-state index contributed by atoms with van der Waals surface area (Å²) in [6, 6.07) is 1.74. The van der Waals surface area contributed by atoms with Gasteiger partial charge >= 0.3 is 5.97 Å². The average Bonchev–Trinajstić information content (AvgIpc) is 2.47. The Balaban J connectivity index is 2.79. The maximum atomic E-state index is 10.6. The Morgan fingerprint density at radius 2 is 2.42 bits per heavy atom. The van der Waals surface area contributed by atoms with Gasteiger partial charge in [0.1, 0.15) is 0 Å². The zero-order chi connectivity index (χ0) is 8.55. The van der Waals surface area contributed by atoms with Crippen LogP contribution in [0, 0.1) is 0 Å². The Kier molecular flexibility index (Phi) is 1.33. The molecule has 4 heteroatoms. The highest BCUT2D eigenvalue weighted by atomic mass is 16.4. The van der Waals surface area contributed by atoms with E-state index in [4.69, 9.17) is 5.11 Å². The Morgan fingerprint density at radius 3 is 3.17 bits per heavy atom. The highest BCUT2D eigenvalue weighted by Gasteiger charge is 2.08. The predicted molar refractivity (Wildman–Crippen MR) is 43.1 cm³/mol. The standard InChI is InChI=1S/C8H6N2O2/c11-8(12)6-4-10-7-1-2-9-3-5(6)7/h1-4,10H,(H,11,12). The van der Waals surface area contributed by atoms with Crippen LogP contribution in [0.1, 0.15) is 10.4 Å². The van der Waals surface area contributed by atoms with Crippen LogP contribution in [0.5, 0.6) is 0 Å². The van der Waals surface area contributed by atoms with Crippen LogP contribution >= 0.6 is 0 Å². The average molecular weight is 162 g/mol. The van der Waals surface area contributed by atoms with E-state index in [1.807, 2.05) is 0 Å². The van der Waals surface area contributed by atoms with Crippen LogP contribution in [0.2, 0.25) is 0 Å². The van der Waals surface area contributed by atoms with Gasteiger partial charge in [-0.3, -0.25) is 4.98 Å². The van der Waals surface area contributed by atoms with Crippen molar-refractivity contribution < 1.29 is 9.90 Å². The molecule has 0 saturated carbocycles. The first-order valence-corrected chi connectivity index (χ1v) is 3.43. The van der Waals surface area contributed by atoms with Gasteiger partial charge in [0.25, 0.3) is 0 Å². The van der Waals surface area contributed by atoms with Crippen molar-refractivity contribution in [2.24, 2.45) is 0 Å². The molecule has 0 spiro atoms. The van der Waals surface area contributed by atoms with Crippen LogP contribution < -0.4 is 0 Å². The lowest BCUT2D eigenvalue weighted by Crippen LogP contribution is -1.93. The number of pyridine rings is 1. The monoisotopic (exact) mass is 162 g/mol. The van der Waals surface area contributed by atoms with Crippen molar-refractivity contribution in [1.82, 2.24) is 9.97 Å². The van der Waals surface area contributed by atoms with Crippen molar-refractivity contribution >= 4 is 16.9 Å². The van der Waals surface area contributed by atoms with Crippen molar-refractivity contribution in [3.05, 3.63) is 30.2 Å². The highest BCUT2D eigenvalue weighted by Crippen LogP contribution is 2.15. The molecule has 0 unspecified atom stereocenters. The molecule has 4 nitrogen and oxygen atoms in total. The minimum Gasteiger partial charge on any atom is -0.478 e. The molecule has 0 amide bonds. The molecule has 0 saturated heterocycles. The summed E-state index contributed by atoms with van der Waals surface area (Å²) in [6.07, 6.45) is 4.62. The molecule has 60 valence electrons. The molecular formula is C8H6N2O2. The maximum absolute atomic E-state index is 10.6. The number of carboxylic acids is 1. The molecule has 0 aliphatic carbocycles. The summed E-state index contributed by atoms with van der Waals surface area (Å²) in [6.45, 7) is 0. The number of carbonyl (C=O) groups is 1. The fourth-order valence-corrected chi connectivity index (χ4v) is 1.14. The molecule has 0 atom stereocenters. The van der Waals surface area contributed by atoms with Gasteiger partial charge in [-0.25, -0.2) is 4.79 Å². The summed E-state index contributed by atoms with van der Waals surface area (Å²) in [7, 11) is 0. The van der Waals surface area contributed by atoms with Crippen LogP contribution in [0.3, 0.4) is 0 Å². The second-order valence-electron chi connectivity index (χ2n) is 2.43. The molecule has 2 heterocycles. The normalized spacial score (nSPS) is 10.3. The van der Waals surface area contributed by atoms with Crippen molar-refractivity contribution in [2.75, 3.05) is 0 Å². The molecule has 2 aromatic heterocycles. The first kappa shape index (κ1) is 6.84. The van der Waals surface area contributed by atoms with Gasteiger partial charge in [-0.15, -0.1) is 0 Å². The Labute approximate surface area is 67.9 Å². The number of nitrogens with zero attached hydrogens (tertiary/aromatic N) is 1. The molecule has 0 aromatic carbocycles. The molecule has 2 aromatic rings. The van der Waals surface area contributed by atoms with Gasteiger partial charge in [0.15, 0.2) is 0 Å². The summed E-state index contributed by atoms with van der Waals surface area (Å²) in [5.74, 6) is -0.936. The van der Waals surface area contributed by atoms with E-state index in [2.05, 4.69) is 9.97 Å². The van der Waals surface area contributed by atoms with Gasteiger partial charge in [0.2, 0.25) is 0 Å². The number of aromatic amines is 1. The molecule has 0 radical (unpaired) electrons. The van der Waals surface area contributed by atoms with Crippen LogP contribution in [0.25, 0.3) is 10.9 Å². The molecular weight excluding hydrogens is 156 g/mol. The van der Waals surface area contributed by atoms with Crippen LogP contribution in [0.4, 0.5) is 0 Å². The van der Waals surface area contributed by atoms with Gasteiger partial charge in [0.05, 0.1) is 5.56 Å². The second-order valence-corrected chi connectivity index (χ2v) is 2.43. The third kappa shape index (κ3) is 0.852. The van der Waals surface area contributed by atoms with Crippen molar-refractivity contribution in [1.29, 1.82) is 0 Å². The third-order valence-electron chi connectivity index (χ3n) is 1.71. The topological polar surface area (TPSA) is 66.0 Å². The van der Waals surface area contributed by atoms with Gasteiger partial charge < -0.3 is 10.1 Å². The Bertz CT molecular complexity index is 433. The third-order valence-corrected chi connectivity index (χ3v) is 1.71. The van der Waals surface area contributed by atoms with E-state index >= 15 is 0 Å². The summed E-state index contributed by atoms with van der Waals surface area (Å²) in [5.41, 5.74) is 1.06. The smallest absolute Gasteiger partial charge is 0.337 e. The van der Waals surface area contributed by atoms with Gasteiger partial charge in [-0.05, 0) is 6.07 Å². The van der Waals surface area contributed by atoms with E-state index in [1.165, 1.54) is 12.4 Å². The fraction of sp³-hybridized carbons (Fsp3) is 0. The van der Waals surface area contributed by atoms with Gasteiger partial charge in [0, 0.05) is 29.5 Å². The number of aromatic carboxylic acids is 1. The Hall–Kier alpha value is -1.84. The molecule has 2 N–H and O–H groups in total. The minimum atomic E-state index is -0.936. The largest absolute Gasteiger partial charge is 0.478 e. The number of rotatable bonds is 1. The van der Waals surface area contributed by atoms with E-state index in [0.717, 1.165) is 5.52 Å². The molecule has 0 aliphatic heterocycles. The first-order valence-electron chi connectivity index (χ1n) is 3.43. The van der Waals surface area contributed by atoms with E-state index in [1.54, 1.807) is 12.3 Å². The summed E-state index contributed by atoms with van der Waals surface area (Å²) in [4.78, 5) is 17.3. The minimum absolute atomic E-state index is 0.262. The molecule has 2 rings (SSSR count). The molecule has 0 fully saturated rings. The maximum Gasteiger partial charge on any atom is 0.337 e. The summed E-state index contributed by atoms with van der Waals surface area (Å²) < 4.78 is 0. The molecule has 0 aliphatic rings. The van der Waals surface area contributed by atoms with Crippen molar-refractivity contribution in [2.45, 2.75) is 0 Å². The van der Waals surface area contributed by atoms with Crippen LogP contribution in [0.15, 0.2) is 24.7 Å². The van der Waals surface area contributed by atoms with E-state index in [9.17, 15) is 4.79 Å². The number of carboxylic acid groups (broad SMARTS) is 1. The summed E-state index contributed by atoms with van der Waals surface area (Å²) >= 11 is 0. The second kappa shape index (κ2) is 2.34. The number of aromatic nitrogens is 2. The number of hydrogen-bond donors (Lipinski definition) is 2. The van der Waals surface area contributed by atoms with Crippen molar-refractivity contribution in [3.63, 3.8) is 0 Å². The summed E-state index contributed by atoms with van der Waals surface area (Å²) in [5, 5.41) is 9.37. The van der Waals surface area contributed by atoms with Crippen LogP contribution in [-0.2, 0) is 0 Å². The highest BCUT2D eigenvalue weighted by molar-refractivity contribution is 6.02. The lowest BCUT2D eigenvalue weighted by Gasteiger charge is -1.88. The molecule has 0 bridgehead atoms. The number of H-pyrrole nitrogens is 1. The Morgan fingerprint density at radius 1 is 1.58 bits per heavy atom. The van der Waals surface area contributed by atoms with Crippen molar-refractivity contribution in [3.8, 4) is 0 Å². The quantitative estimate of drug-likeness (QED) is 0.663. The van der Waals surface area contributed by atoms with Crippen LogP contribution in [-0.4, -0.2) is 21.0 Å². The SMILES string of the molecule is O=C(O)c1c[nH]c2ccncc12. The van der Waals surface area contributed by atoms with E-state index in [-0.39, 0.29) is 5.56 Å².